The molecule has 2 heteroatoms. The molecule has 0 saturated carbocycles. The van der Waals surface area contributed by atoms with Crippen molar-refractivity contribution >= 4 is 49.8 Å². The molecular formula is C53H35NO. The van der Waals surface area contributed by atoms with Crippen LogP contribution < -0.4 is 4.90 Å². The Morgan fingerprint density at radius 1 is 0.364 bits per heavy atom. The number of hydrogen-bond acceptors (Lipinski definition) is 2. The summed E-state index contributed by atoms with van der Waals surface area (Å²) in [5, 5.41) is 4.69. The van der Waals surface area contributed by atoms with E-state index in [9.17, 15) is 0 Å². The molecule has 0 fully saturated rings. The maximum absolute atomic E-state index is 6.64. The normalized spacial score (nSPS) is 12.9. The molecule has 0 N–H and O–H groups in total. The monoisotopic (exact) mass is 701 g/mol. The van der Waals surface area contributed by atoms with E-state index in [0.717, 1.165) is 39.0 Å². The fourth-order valence-corrected chi connectivity index (χ4v) is 9.13. The van der Waals surface area contributed by atoms with Crippen LogP contribution in [0.2, 0.25) is 0 Å². The van der Waals surface area contributed by atoms with Crippen molar-refractivity contribution in [3.05, 3.63) is 235 Å². The molecule has 0 saturated heterocycles. The highest BCUT2D eigenvalue weighted by atomic mass is 16.3. The number of nitrogens with zero attached hydrogens (tertiary/aromatic N) is 1. The summed E-state index contributed by atoms with van der Waals surface area (Å²) >= 11 is 0. The predicted octanol–water partition coefficient (Wildman–Crippen LogP) is 14.2. The van der Waals surface area contributed by atoms with Crippen LogP contribution in [0.25, 0.3) is 55.0 Å². The fourth-order valence-electron chi connectivity index (χ4n) is 9.13. The van der Waals surface area contributed by atoms with Gasteiger partial charge in [-0.15, -0.1) is 0 Å². The van der Waals surface area contributed by atoms with Gasteiger partial charge in [0, 0.05) is 33.9 Å². The highest BCUT2D eigenvalue weighted by molar-refractivity contribution is 6.19. The zero-order valence-electron chi connectivity index (χ0n) is 30.1. The first-order chi connectivity index (χ1) is 27.3. The van der Waals surface area contributed by atoms with Crippen molar-refractivity contribution in [1.82, 2.24) is 0 Å². The van der Waals surface area contributed by atoms with Crippen LogP contribution >= 0.6 is 0 Å². The van der Waals surface area contributed by atoms with Gasteiger partial charge in [-0.2, -0.15) is 0 Å². The molecule has 0 radical (unpaired) electrons. The number of fused-ring (bicyclic) bond motifs is 8. The van der Waals surface area contributed by atoms with Gasteiger partial charge in [-0.1, -0.05) is 164 Å². The van der Waals surface area contributed by atoms with Gasteiger partial charge in [-0.3, -0.25) is 0 Å². The molecule has 11 rings (SSSR count). The lowest BCUT2D eigenvalue weighted by atomic mass is 9.67. The molecule has 55 heavy (non-hydrogen) atoms. The summed E-state index contributed by atoms with van der Waals surface area (Å²) in [6.45, 7) is 0. The van der Waals surface area contributed by atoms with E-state index in [0.29, 0.717) is 0 Å². The lowest BCUT2D eigenvalue weighted by Crippen LogP contribution is -2.28. The lowest BCUT2D eigenvalue weighted by Gasteiger charge is -2.35. The van der Waals surface area contributed by atoms with Gasteiger partial charge >= 0.3 is 0 Å². The van der Waals surface area contributed by atoms with E-state index in [2.05, 4.69) is 217 Å². The third-order valence-corrected chi connectivity index (χ3v) is 11.5. The fraction of sp³-hybridized carbons (Fsp3) is 0.0189. The smallest absolute Gasteiger partial charge is 0.137 e. The van der Waals surface area contributed by atoms with Crippen molar-refractivity contribution in [2.75, 3.05) is 4.90 Å². The number of hydrogen-bond donors (Lipinski definition) is 0. The van der Waals surface area contributed by atoms with E-state index in [4.69, 9.17) is 4.42 Å². The van der Waals surface area contributed by atoms with Crippen LogP contribution in [0, 0.1) is 0 Å². The Morgan fingerprint density at radius 3 is 1.71 bits per heavy atom. The van der Waals surface area contributed by atoms with Crippen molar-refractivity contribution in [1.29, 1.82) is 0 Å². The van der Waals surface area contributed by atoms with Crippen molar-refractivity contribution in [3.8, 4) is 22.3 Å². The van der Waals surface area contributed by atoms with E-state index in [1.807, 2.05) is 0 Å². The van der Waals surface area contributed by atoms with Crippen LogP contribution in [0.1, 0.15) is 22.3 Å². The Kier molecular flexibility index (Phi) is 7.11. The number of rotatable bonds is 6. The summed E-state index contributed by atoms with van der Waals surface area (Å²) in [5.41, 5.74) is 14.4. The molecule has 1 heterocycles. The van der Waals surface area contributed by atoms with Gasteiger partial charge in [0.15, 0.2) is 0 Å². The van der Waals surface area contributed by atoms with Crippen LogP contribution in [-0.2, 0) is 5.41 Å². The summed E-state index contributed by atoms with van der Waals surface area (Å²) in [6, 6.07) is 77.0. The minimum absolute atomic E-state index is 0.503. The second-order valence-electron chi connectivity index (χ2n) is 14.4. The summed E-state index contributed by atoms with van der Waals surface area (Å²) in [7, 11) is 0. The highest BCUT2D eigenvalue weighted by Gasteiger charge is 2.46. The van der Waals surface area contributed by atoms with E-state index < -0.39 is 5.41 Å². The Morgan fingerprint density at radius 2 is 0.945 bits per heavy atom. The molecule has 0 spiro atoms. The molecule has 0 bridgehead atoms. The van der Waals surface area contributed by atoms with Gasteiger partial charge in [-0.25, -0.2) is 0 Å². The Balaban J connectivity index is 1.15. The minimum Gasteiger partial charge on any atom is -0.456 e. The van der Waals surface area contributed by atoms with Crippen molar-refractivity contribution in [2.45, 2.75) is 5.41 Å². The molecule has 9 aromatic carbocycles. The zero-order chi connectivity index (χ0) is 36.3. The molecule has 2 nitrogen and oxygen atoms in total. The van der Waals surface area contributed by atoms with Crippen LogP contribution in [0.15, 0.2) is 217 Å². The molecule has 1 aromatic heterocycles. The first kappa shape index (κ1) is 31.4. The maximum Gasteiger partial charge on any atom is 0.137 e. The molecule has 10 aromatic rings. The second-order valence-corrected chi connectivity index (χ2v) is 14.4. The number of furan rings is 1. The summed E-state index contributed by atoms with van der Waals surface area (Å²) in [4.78, 5) is 2.38. The first-order valence-corrected chi connectivity index (χ1v) is 18.9. The van der Waals surface area contributed by atoms with Gasteiger partial charge in [0.05, 0.1) is 5.41 Å². The predicted molar refractivity (Wildman–Crippen MR) is 229 cm³/mol. The van der Waals surface area contributed by atoms with E-state index >= 15 is 0 Å². The topological polar surface area (TPSA) is 16.4 Å². The molecular weight excluding hydrogens is 667 g/mol. The molecule has 0 amide bonds. The van der Waals surface area contributed by atoms with E-state index in [-0.39, 0.29) is 0 Å². The number of benzene rings is 9. The maximum atomic E-state index is 6.64. The molecule has 258 valence electrons. The Hall–Kier alpha value is -7.16. The average Bonchev–Trinajstić information content (AvgIpc) is 3.78. The lowest BCUT2D eigenvalue weighted by molar-refractivity contribution is 0.669. The molecule has 1 aliphatic carbocycles. The van der Waals surface area contributed by atoms with Crippen molar-refractivity contribution in [2.24, 2.45) is 0 Å². The average molecular weight is 702 g/mol. The SMILES string of the molecule is c1ccc(-c2ccc(N(c3ccc4c(c3)C(c3ccccc3)(c3ccccc3)c3ccccc3-4)c3ccc4c(c3)oc3ccc5ccccc5c34)cc2)cc1. The standard InChI is InChI=1S/C53H35NO/c1-4-14-36(15-5-1)37-24-27-41(28-25-37)54(43-30-32-47-51(35-43)55-50-33-26-38-16-10-11-21-44(38)52(47)50)42-29-31-46-45-22-12-13-23-48(45)53(49(46)34-42,39-17-6-2-7-18-39)40-19-8-3-9-20-40/h1-35H. The van der Waals surface area contributed by atoms with Gasteiger partial charge in [0.25, 0.3) is 0 Å². The second kappa shape index (κ2) is 12.5. The minimum atomic E-state index is -0.503. The van der Waals surface area contributed by atoms with Gasteiger partial charge in [0.1, 0.15) is 11.2 Å². The largest absolute Gasteiger partial charge is 0.456 e. The van der Waals surface area contributed by atoms with E-state index in [1.54, 1.807) is 0 Å². The van der Waals surface area contributed by atoms with E-state index in [1.165, 1.54) is 55.3 Å². The van der Waals surface area contributed by atoms with Crippen molar-refractivity contribution in [3.63, 3.8) is 0 Å². The van der Waals surface area contributed by atoms with Gasteiger partial charge in [-0.05, 0) is 97.7 Å². The van der Waals surface area contributed by atoms with Crippen LogP contribution in [0.5, 0.6) is 0 Å². The molecule has 1 aliphatic rings. The summed E-state index contributed by atoms with van der Waals surface area (Å²) in [5.74, 6) is 0. The zero-order valence-corrected chi connectivity index (χ0v) is 30.1. The van der Waals surface area contributed by atoms with Crippen LogP contribution in [-0.4, -0.2) is 0 Å². The van der Waals surface area contributed by atoms with Crippen molar-refractivity contribution < 1.29 is 4.42 Å². The van der Waals surface area contributed by atoms with Gasteiger partial charge in [0.2, 0.25) is 0 Å². The summed E-state index contributed by atoms with van der Waals surface area (Å²) in [6.07, 6.45) is 0. The third kappa shape index (κ3) is 4.82. The summed E-state index contributed by atoms with van der Waals surface area (Å²) < 4.78 is 6.64. The first-order valence-electron chi connectivity index (χ1n) is 18.9. The molecule has 0 aliphatic heterocycles. The molecule has 0 atom stereocenters. The number of anilines is 3. The van der Waals surface area contributed by atoms with Crippen LogP contribution in [0.3, 0.4) is 0 Å². The van der Waals surface area contributed by atoms with Crippen LogP contribution in [0.4, 0.5) is 17.1 Å². The Bertz CT molecular complexity index is 2980. The Labute approximate surface area is 320 Å². The highest BCUT2D eigenvalue weighted by Crippen LogP contribution is 2.57. The third-order valence-electron chi connectivity index (χ3n) is 11.5. The molecule has 0 unspecified atom stereocenters. The quantitative estimate of drug-likeness (QED) is 0.172. The van der Waals surface area contributed by atoms with Gasteiger partial charge < -0.3 is 9.32 Å².